The van der Waals surface area contributed by atoms with Crippen LogP contribution in [-0.4, -0.2) is 51.7 Å². The van der Waals surface area contributed by atoms with E-state index in [0.717, 1.165) is 56.0 Å². The topological polar surface area (TPSA) is 120 Å². The fraction of sp³-hybridized carbons (Fsp3) is 0.400. The van der Waals surface area contributed by atoms with Gasteiger partial charge in [0.1, 0.15) is 5.75 Å². The van der Waals surface area contributed by atoms with Crippen LogP contribution in [0.2, 0.25) is 0 Å². The van der Waals surface area contributed by atoms with Crippen LogP contribution in [-0.2, 0) is 16.1 Å². The number of hydrogen-bond donors (Lipinski definition) is 3. The number of carboxylic acids is 2. The van der Waals surface area contributed by atoms with Crippen molar-refractivity contribution in [3.8, 4) is 5.75 Å². The van der Waals surface area contributed by atoms with E-state index in [0.29, 0.717) is 11.8 Å². The zero-order valence-electron chi connectivity index (χ0n) is 19.1. The second-order valence-electron chi connectivity index (χ2n) is 8.35. The van der Waals surface area contributed by atoms with Crippen LogP contribution in [0.4, 0.5) is 0 Å². The molecule has 1 aromatic heterocycles. The van der Waals surface area contributed by atoms with Gasteiger partial charge >= 0.3 is 11.9 Å². The first-order valence-electron chi connectivity index (χ1n) is 11.0. The first kappa shape index (κ1) is 25.9. The second-order valence-corrected chi connectivity index (χ2v) is 8.35. The summed E-state index contributed by atoms with van der Waals surface area (Å²) in [5.41, 5.74) is 2.02. The van der Waals surface area contributed by atoms with Gasteiger partial charge in [-0.3, -0.25) is 9.69 Å². The Bertz CT molecular complexity index is 978. The zero-order chi connectivity index (χ0) is 24.2. The number of para-hydroxylation sites is 1. The molecule has 0 atom stereocenters. The molecule has 0 aliphatic carbocycles. The van der Waals surface area contributed by atoms with Gasteiger partial charge in [0.15, 0.2) is 0 Å². The van der Waals surface area contributed by atoms with Crippen molar-refractivity contribution in [2.24, 2.45) is 11.8 Å². The van der Waals surface area contributed by atoms with Crippen molar-refractivity contribution in [2.75, 3.05) is 19.7 Å². The molecule has 3 rings (SSSR count). The van der Waals surface area contributed by atoms with Crippen molar-refractivity contribution in [3.63, 3.8) is 0 Å². The van der Waals surface area contributed by atoms with E-state index in [4.69, 9.17) is 24.5 Å². The predicted octanol–water partition coefficient (Wildman–Crippen LogP) is 3.49. The van der Waals surface area contributed by atoms with Gasteiger partial charge in [0.2, 0.25) is 0 Å². The van der Waals surface area contributed by atoms with Crippen molar-refractivity contribution >= 4 is 18.0 Å². The van der Waals surface area contributed by atoms with Crippen LogP contribution in [0, 0.1) is 11.8 Å². The number of ether oxygens (including phenoxy) is 1. The van der Waals surface area contributed by atoms with E-state index in [-0.39, 0.29) is 5.56 Å². The lowest BCUT2D eigenvalue weighted by molar-refractivity contribution is -0.159. The van der Waals surface area contributed by atoms with E-state index >= 15 is 0 Å². The molecule has 8 nitrogen and oxygen atoms in total. The highest BCUT2D eigenvalue weighted by Crippen LogP contribution is 2.24. The molecule has 33 heavy (non-hydrogen) atoms. The van der Waals surface area contributed by atoms with Gasteiger partial charge < -0.3 is 19.9 Å². The number of likely N-dealkylation sites (tertiary alicyclic amines) is 1. The smallest absolute Gasteiger partial charge is 0.414 e. The standard InChI is InChI=1S/C23H30N2O2.C2H2O4/c1-18(2)17-27-22-8-4-3-6-20(22)10-9-19-11-14-25(15-12-19)16-21-7-5-13-24-23(21)26;3-1(4)2(5)6/h3-10,13,18-19H,11-12,14-17H2,1-2H3,(H,24,26);(H,3,4)(H,5,6). The number of aromatic amines is 1. The molecule has 1 saturated heterocycles. The summed E-state index contributed by atoms with van der Waals surface area (Å²) in [6, 6.07) is 12.0. The van der Waals surface area contributed by atoms with Crippen molar-refractivity contribution in [2.45, 2.75) is 33.2 Å². The third-order valence-electron chi connectivity index (χ3n) is 5.15. The average Bonchev–Trinajstić information content (AvgIpc) is 2.79. The third-order valence-corrected chi connectivity index (χ3v) is 5.15. The molecule has 0 saturated carbocycles. The minimum atomic E-state index is -1.82. The van der Waals surface area contributed by atoms with Crippen LogP contribution in [0.3, 0.4) is 0 Å². The molecule has 0 radical (unpaired) electrons. The number of benzene rings is 1. The Kier molecular flexibility index (Phi) is 10.4. The van der Waals surface area contributed by atoms with Crippen molar-refractivity contribution in [1.29, 1.82) is 0 Å². The molecule has 2 heterocycles. The first-order chi connectivity index (χ1) is 15.8. The quantitative estimate of drug-likeness (QED) is 0.546. The Morgan fingerprint density at radius 2 is 1.79 bits per heavy atom. The van der Waals surface area contributed by atoms with E-state index in [9.17, 15) is 4.79 Å². The summed E-state index contributed by atoms with van der Waals surface area (Å²) in [7, 11) is 0. The summed E-state index contributed by atoms with van der Waals surface area (Å²) >= 11 is 0. The monoisotopic (exact) mass is 456 g/mol. The van der Waals surface area contributed by atoms with Gasteiger partial charge in [-0.15, -0.1) is 0 Å². The summed E-state index contributed by atoms with van der Waals surface area (Å²) in [5.74, 6) is -1.59. The molecule has 2 aromatic rings. The number of piperidine rings is 1. The Balaban J connectivity index is 0.000000569. The van der Waals surface area contributed by atoms with Gasteiger partial charge in [0.05, 0.1) is 6.61 Å². The molecular formula is C25H32N2O6. The van der Waals surface area contributed by atoms with E-state index in [1.165, 1.54) is 0 Å². The average molecular weight is 457 g/mol. The number of carbonyl (C=O) groups is 2. The molecule has 0 amide bonds. The SMILES string of the molecule is CC(C)COc1ccccc1C=CC1CCN(Cc2ccc[nH]c2=O)CC1.O=C(O)C(=O)O. The van der Waals surface area contributed by atoms with Gasteiger partial charge in [-0.1, -0.05) is 50.3 Å². The normalized spacial score (nSPS) is 14.6. The van der Waals surface area contributed by atoms with E-state index < -0.39 is 11.9 Å². The summed E-state index contributed by atoms with van der Waals surface area (Å²) < 4.78 is 5.94. The highest BCUT2D eigenvalue weighted by Gasteiger charge is 2.18. The lowest BCUT2D eigenvalue weighted by atomic mass is 9.95. The van der Waals surface area contributed by atoms with Crippen LogP contribution >= 0.6 is 0 Å². The molecule has 1 aromatic carbocycles. The number of aromatic nitrogens is 1. The maximum absolute atomic E-state index is 11.8. The van der Waals surface area contributed by atoms with E-state index in [2.05, 4.69) is 48.0 Å². The van der Waals surface area contributed by atoms with Crippen LogP contribution in [0.5, 0.6) is 5.75 Å². The number of carboxylic acid groups (broad SMARTS) is 2. The number of rotatable bonds is 7. The first-order valence-corrected chi connectivity index (χ1v) is 11.0. The molecule has 1 aliphatic rings. The number of nitrogens with one attached hydrogen (secondary N) is 1. The van der Waals surface area contributed by atoms with E-state index in [1.807, 2.05) is 24.3 Å². The summed E-state index contributed by atoms with van der Waals surface area (Å²) in [6.07, 6.45) is 8.46. The fourth-order valence-electron chi connectivity index (χ4n) is 3.37. The fourth-order valence-corrected chi connectivity index (χ4v) is 3.37. The molecule has 1 fully saturated rings. The second kappa shape index (κ2) is 13.2. The number of aliphatic carboxylic acids is 2. The largest absolute Gasteiger partial charge is 0.493 e. The van der Waals surface area contributed by atoms with Gasteiger partial charge in [0.25, 0.3) is 5.56 Å². The lowest BCUT2D eigenvalue weighted by Gasteiger charge is -2.30. The summed E-state index contributed by atoms with van der Waals surface area (Å²) in [5, 5.41) is 14.8. The van der Waals surface area contributed by atoms with Crippen LogP contribution in [0.15, 0.2) is 53.5 Å². The summed E-state index contributed by atoms with van der Waals surface area (Å²) in [6.45, 7) is 7.84. The number of H-pyrrole nitrogens is 1. The molecule has 3 N–H and O–H groups in total. The molecule has 178 valence electrons. The molecule has 0 bridgehead atoms. The third kappa shape index (κ3) is 9.33. The molecular weight excluding hydrogens is 424 g/mol. The van der Waals surface area contributed by atoms with E-state index in [1.54, 1.807) is 6.20 Å². The number of allylic oxidation sites excluding steroid dienone is 1. The van der Waals surface area contributed by atoms with Crippen LogP contribution in [0.1, 0.15) is 37.8 Å². The Labute approximate surface area is 193 Å². The Morgan fingerprint density at radius 1 is 1.12 bits per heavy atom. The molecule has 0 unspecified atom stereocenters. The van der Waals surface area contributed by atoms with Crippen LogP contribution < -0.4 is 10.3 Å². The number of nitrogens with zero attached hydrogens (tertiary/aromatic N) is 1. The van der Waals surface area contributed by atoms with Crippen molar-refractivity contribution in [3.05, 3.63) is 70.2 Å². The van der Waals surface area contributed by atoms with Gasteiger partial charge in [-0.25, -0.2) is 9.59 Å². The molecule has 0 spiro atoms. The minimum Gasteiger partial charge on any atom is -0.493 e. The predicted molar refractivity (Wildman–Crippen MR) is 126 cm³/mol. The Hall–Kier alpha value is -3.39. The van der Waals surface area contributed by atoms with Gasteiger partial charge in [-0.2, -0.15) is 0 Å². The van der Waals surface area contributed by atoms with Gasteiger partial charge in [0, 0.05) is 23.9 Å². The van der Waals surface area contributed by atoms with Crippen molar-refractivity contribution in [1.82, 2.24) is 9.88 Å². The van der Waals surface area contributed by atoms with Crippen molar-refractivity contribution < 1.29 is 24.5 Å². The van der Waals surface area contributed by atoms with Gasteiger partial charge in [-0.05, 0) is 49.9 Å². The number of pyridine rings is 1. The molecule has 1 aliphatic heterocycles. The Morgan fingerprint density at radius 3 is 2.39 bits per heavy atom. The minimum absolute atomic E-state index is 0.0255. The number of hydrogen-bond acceptors (Lipinski definition) is 5. The lowest BCUT2D eigenvalue weighted by Crippen LogP contribution is -2.34. The maximum Gasteiger partial charge on any atom is 0.414 e. The van der Waals surface area contributed by atoms with Crippen LogP contribution in [0.25, 0.3) is 6.08 Å². The zero-order valence-corrected chi connectivity index (χ0v) is 19.1. The molecule has 8 heteroatoms. The maximum atomic E-state index is 11.8. The highest BCUT2D eigenvalue weighted by atomic mass is 16.5. The highest BCUT2D eigenvalue weighted by molar-refractivity contribution is 6.27. The summed E-state index contributed by atoms with van der Waals surface area (Å²) in [4.78, 5) is 35.2.